The molecule has 0 aromatic rings. The maximum absolute atomic E-state index is 5.91. The van der Waals surface area contributed by atoms with E-state index >= 15 is 0 Å². The van der Waals surface area contributed by atoms with Crippen molar-refractivity contribution in [3.05, 3.63) is 23.6 Å². The topological polar surface area (TPSA) is 18.5 Å². The Balaban J connectivity index is 4.70. The van der Waals surface area contributed by atoms with Crippen molar-refractivity contribution in [2.24, 2.45) is 0 Å². The molecule has 0 aliphatic heterocycles. The van der Waals surface area contributed by atoms with E-state index in [-0.39, 0.29) is 0 Å². The van der Waals surface area contributed by atoms with Crippen LogP contribution in [0.1, 0.15) is 53.4 Å². The second kappa shape index (κ2) is 10.8. The Kier molecular flexibility index (Phi) is 10.5. The van der Waals surface area contributed by atoms with E-state index < -0.39 is 8.56 Å². The molecule has 0 fully saturated rings. The molecule has 0 rings (SSSR count). The second-order valence-corrected chi connectivity index (χ2v) is 6.66. The fraction of sp³-hybridized carbons (Fsp3) is 0.714. The van der Waals surface area contributed by atoms with Crippen LogP contribution >= 0.6 is 0 Å². The molecular formula is C14H28O2Si. The maximum Gasteiger partial charge on any atom is 0.391 e. The minimum Gasteiger partial charge on any atom is -0.389 e. The molecular weight excluding hydrogens is 228 g/mol. The van der Waals surface area contributed by atoms with Crippen LogP contribution in [0.25, 0.3) is 0 Å². The zero-order chi connectivity index (χ0) is 13.0. The van der Waals surface area contributed by atoms with Crippen molar-refractivity contribution in [2.75, 3.05) is 13.2 Å². The Hall–Kier alpha value is -0.383. The van der Waals surface area contributed by atoms with Gasteiger partial charge in [0.1, 0.15) is 0 Å². The van der Waals surface area contributed by atoms with Gasteiger partial charge in [-0.15, -0.1) is 0 Å². The molecule has 0 bridgehead atoms. The summed E-state index contributed by atoms with van der Waals surface area (Å²) < 4.78 is 11.8. The van der Waals surface area contributed by atoms with Gasteiger partial charge in [-0.2, -0.15) is 0 Å². The summed E-state index contributed by atoms with van der Waals surface area (Å²) in [5.41, 5.74) is 4.35. The van der Waals surface area contributed by atoms with Gasteiger partial charge in [-0.05, 0) is 38.1 Å². The average molecular weight is 256 g/mol. The summed E-state index contributed by atoms with van der Waals surface area (Å²) in [6.07, 6.45) is 8.92. The molecule has 0 N–H and O–H groups in total. The molecule has 17 heavy (non-hydrogen) atoms. The molecule has 100 valence electrons. The Bertz CT molecular complexity index is 200. The van der Waals surface area contributed by atoms with Crippen molar-refractivity contribution in [2.45, 2.75) is 53.4 Å². The molecule has 3 heteroatoms. The van der Waals surface area contributed by atoms with Gasteiger partial charge in [-0.3, -0.25) is 0 Å². The van der Waals surface area contributed by atoms with Crippen LogP contribution in [0.4, 0.5) is 0 Å². The first-order chi connectivity index (χ1) is 8.24. The highest BCUT2D eigenvalue weighted by molar-refractivity contribution is 6.77. The van der Waals surface area contributed by atoms with Gasteiger partial charge in [0.2, 0.25) is 0 Å². The number of allylic oxidation sites excluding steroid dienone is 2. The molecule has 0 atom stereocenters. The van der Waals surface area contributed by atoms with E-state index in [1.807, 2.05) is 13.8 Å². The molecule has 0 unspecified atom stereocenters. The highest BCUT2D eigenvalue weighted by Gasteiger charge is 2.30. The quantitative estimate of drug-likeness (QED) is 0.543. The Labute approximate surface area is 108 Å². The third kappa shape index (κ3) is 7.52. The number of unbranched alkanes of at least 4 members (excludes halogenated alkanes) is 2. The largest absolute Gasteiger partial charge is 0.391 e. The smallest absolute Gasteiger partial charge is 0.389 e. The zero-order valence-electron chi connectivity index (χ0n) is 11.9. The normalized spacial score (nSPS) is 12.9. The van der Waals surface area contributed by atoms with Crippen molar-refractivity contribution in [3.8, 4) is 0 Å². The molecule has 0 heterocycles. The Morgan fingerprint density at radius 1 is 0.765 bits per heavy atom. The Morgan fingerprint density at radius 2 is 1.18 bits per heavy atom. The summed E-state index contributed by atoms with van der Waals surface area (Å²) >= 11 is 0. The van der Waals surface area contributed by atoms with E-state index in [1.165, 1.54) is 0 Å². The molecule has 2 nitrogen and oxygen atoms in total. The molecule has 0 aromatic heterocycles. The van der Waals surface area contributed by atoms with Crippen molar-refractivity contribution < 1.29 is 8.85 Å². The summed E-state index contributed by atoms with van der Waals surface area (Å²) in [6.45, 7) is 9.84. The van der Waals surface area contributed by atoms with Gasteiger partial charge in [0.25, 0.3) is 0 Å². The van der Waals surface area contributed by atoms with Crippen LogP contribution in [-0.2, 0) is 8.85 Å². The van der Waals surface area contributed by atoms with Crippen LogP contribution in [0.2, 0.25) is 0 Å². The van der Waals surface area contributed by atoms with Crippen LogP contribution in [0, 0.1) is 0 Å². The van der Waals surface area contributed by atoms with Crippen LogP contribution in [-0.4, -0.2) is 21.8 Å². The minimum absolute atomic E-state index is 0.707. The van der Waals surface area contributed by atoms with Gasteiger partial charge >= 0.3 is 8.56 Å². The van der Waals surface area contributed by atoms with Gasteiger partial charge in [-0.1, -0.05) is 38.8 Å². The molecule has 0 amide bonds. The maximum atomic E-state index is 5.91. The van der Waals surface area contributed by atoms with Crippen molar-refractivity contribution >= 4 is 8.56 Å². The highest BCUT2D eigenvalue weighted by Crippen LogP contribution is 2.13. The standard InChI is InChI=1S/C14H28O2Si/c1-5-9-11-13-17(15-7-3,16-8-4)14-12-10-6-2/h11-14H,5-10H2,1-4H3/b13-11+,14-12+. The fourth-order valence-electron chi connectivity index (χ4n) is 1.57. The molecule has 0 spiro atoms. The predicted molar refractivity (Wildman–Crippen MR) is 77.1 cm³/mol. The SMILES string of the molecule is CCC/C=C/[Si](/C=C/CCC)(OCC)OCC. The molecule has 0 aliphatic carbocycles. The van der Waals surface area contributed by atoms with Crippen molar-refractivity contribution in [1.29, 1.82) is 0 Å². The highest BCUT2D eigenvalue weighted by atomic mass is 28.4. The lowest BCUT2D eigenvalue weighted by atomic mass is 10.3. The lowest BCUT2D eigenvalue weighted by Crippen LogP contribution is -2.39. The second-order valence-electron chi connectivity index (χ2n) is 3.97. The van der Waals surface area contributed by atoms with Crippen molar-refractivity contribution in [3.63, 3.8) is 0 Å². The first kappa shape index (κ1) is 16.6. The summed E-state index contributed by atoms with van der Waals surface area (Å²) in [4.78, 5) is 0. The molecule has 0 saturated heterocycles. The van der Waals surface area contributed by atoms with Gasteiger partial charge in [0.05, 0.1) is 0 Å². The number of hydrogen-bond acceptors (Lipinski definition) is 2. The van der Waals surface area contributed by atoms with E-state index in [2.05, 4.69) is 37.4 Å². The summed E-state index contributed by atoms with van der Waals surface area (Å²) in [6, 6.07) is 0. The fourth-order valence-corrected chi connectivity index (χ4v) is 4.04. The summed E-state index contributed by atoms with van der Waals surface area (Å²) in [5.74, 6) is 0. The first-order valence-electron chi connectivity index (χ1n) is 6.87. The summed E-state index contributed by atoms with van der Waals surface area (Å²) in [7, 11) is -2.23. The van der Waals surface area contributed by atoms with Crippen LogP contribution in [0.15, 0.2) is 23.6 Å². The van der Waals surface area contributed by atoms with E-state index in [1.54, 1.807) is 0 Å². The average Bonchev–Trinajstić information content (AvgIpc) is 2.30. The molecule has 0 saturated carbocycles. The zero-order valence-corrected chi connectivity index (χ0v) is 12.9. The van der Waals surface area contributed by atoms with Gasteiger partial charge in [0.15, 0.2) is 0 Å². The van der Waals surface area contributed by atoms with Crippen LogP contribution in [0.5, 0.6) is 0 Å². The molecule has 0 aromatic carbocycles. The third-order valence-electron chi connectivity index (χ3n) is 2.35. The van der Waals surface area contributed by atoms with Gasteiger partial charge < -0.3 is 8.85 Å². The van der Waals surface area contributed by atoms with Gasteiger partial charge in [0, 0.05) is 13.2 Å². The van der Waals surface area contributed by atoms with E-state index in [0.29, 0.717) is 13.2 Å². The molecule has 0 radical (unpaired) electrons. The third-order valence-corrected chi connectivity index (χ3v) is 5.23. The van der Waals surface area contributed by atoms with Crippen LogP contribution < -0.4 is 0 Å². The Morgan fingerprint density at radius 3 is 1.47 bits per heavy atom. The van der Waals surface area contributed by atoms with Crippen LogP contribution in [0.3, 0.4) is 0 Å². The first-order valence-corrected chi connectivity index (χ1v) is 8.85. The predicted octanol–water partition coefficient (Wildman–Crippen LogP) is 4.29. The van der Waals surface area contributed by atoms with E-state index in [9.17, 15) is 0 Å². The monoisotopic (exact) mass is 256 g/mol. The van der Waals surface area contributed by atoms with Gasteiger partial charge in [-0.25, -0.2) is 0 Å². The van der Waals surface area contributed by atoms with Crippen molar-refractivity contribution in [1.82, 2.24) is 0 Å². The number of hydrogen-bond donors (Lipinski definition) is 0. The lowest BCUT2D eigenvalue weighted by molar-refractivity contribution is 0.206. The number of rotatable bonds is 10. The van der Waals surface area contributed by atoms with E-state index in [0.717, 1.165) is 25.7 Å². The van der Waals surface area contributed by atoms with E-state index in [4.69, 9.17) is 8.85 Å². The molecule has 0 aliphatic rings. The summed E-state index contributed by atoms with van der Waals surface area (Å²) in [5, 5.41) is 0. The lowest BCUT2D eigenvalue weighted by Gasteiger charge is -2.23. The minimum atomic E-state index is -2.23.